The van der Waals surface area contributed by atoms with Gasteiger partial charge < -0.3 is 5.11 Å². The van der Waals surface area contributed by atoms with Gasteiger partial charge in [0.15, 0.2) is 0 Å². The number of aryl methyl sites for hydroxylation is 1. The molecule has 0 bridgehead atoms. The Labute approximate surface area is 126 Å². The average Bonchev–Trinajstić information content (AvgIpc) is 2.41. The lowest BCUT2D eigenvalue weighted by Crippen LogP contribution is -2.40. The smallest absolute Gasteiger partial charge is 0.306 e. The highest BCUT2D eigenvalue weighted by atomic mass is 79.9. The quantitative estimate of drug-likeness (QED) is 0.895. The fourth-order valence-electron chi connectivity index (χ4n) is 2.33. The summed E-state index contributed by atoms with van der Waals surface area (Å²) in [7, 11) is -3.55. The van der Waals surface area contributed by atoms with Crippen LogP contribution in [0.3, 0.4) is 0 Å². The van der Waals surface area contributed by atoms with Gasteiger partial charge in [-0.1, -0.05) is 22.0 Å². The lowest BCUT2D eigenvalue weighted by molar-refractivity contribution is -0.142. The number of sulfonamides is 1. The maximum atomic E-state index is 12.6. The first-order chi connectivity index (χ1) is 9.32. The normalized spacial score (nSPS) is 18.1. The lowest BCUT2D eigenvalue weighted by atomic mass is 9.99. The van der Waals surface area contributed by atoms with E-state index in [4.69, 9.17) is 5.11 Å². The molecule has 0 aliphatic carbocycles. The fourth-order valence-corrected chi connectivity index (χ4v) is 4.57. The van der Waals surface area contributed by atoms with Crippen molar-refractivity contribution in [3.05, 3.63) is 28.2 Å². The minimum absolute atomic E-state index is 0.255. The Kier molecular flexibility index (Phi) is 4.51. The number of piperidine rings is 1. The van der Waals surface area contributed by atoms with Gasteiger partial charge in [-0.05, 0) is 37.5 Å². The molecule has 110 valence electrons. The van der Waals surface area contributed by atoms with Crippen LogP contribution in [0.1, 0.15) is 18.4 Å². The number of rotatable bonds is 3. The van der Waals surface area contributed by atoms with Crippen LogP contribution in [-0.4, -0.2) is 36.9 Å². The summed E-state index contributed by atoms with van der Waals surface area (Å²) in [6, 6.07) is 5.14. The minimum Gasteiger partial charge on any atom is -0.481 e. The van der Waals surface area contributed by atoms with E-state index in [1.165, 1.54) is 4.31 Å². The highest BCUT2D eigenvalue weighted by Crippen LogP contribution is 2.27. The predicted molar refractivity (Wildman–Crippen MR) is 78.0 cm³/mol. The molecule has 0 saturated carbocycles. The monoisotopic (exact) mass is 361 g/mol. The second-order valence-corrected chi connectivity index (χ2v) is 7.75. The summed E-state index contributed by atoms with van der Waals surface area (Å²) in [4.78, 5) is 11.2. The zero-order chi connectivity index (χ0) is 14.9. The summed E-state index contributed by atoms with van der Waals surface area (Å²) in [6.07, 6.45) is 0.725. The van der Waals surface area contributed by atoms with Crippen LogP contribution in [0, 0.1) is 12.8 Å². The number of halogens is 1. The lowest BCUT2D eigenvalue weighted by Gasteiger charge is -2.29. The van der Waals surface area contributed by atoms with Crippen molar-refractivity contribution in [1.82, 2.24) is 4.31 Å². The van der Waals surface area contributed by atoms with Gasteiger partial charge in [0.1, 0.15) is 0 Å². The van der Waals surface area contributed by atoms with Crippen LogP contribution in [0.15, 0.2) is 27.6 Å². The van der Waals surface area contributed by atoms with E-state index in [2.05, 4.69) is 15.9 Å². The van der Waals surface area contributed by atoms with E-state index in [0.717, 1.165) is 0 Å². The third-order valence-electron chi connectivity index (χ3n) is 3.57. The fraction of sp³-hybridized carbons (Fsp3) is 0.462. The van der Waals surface area contributed by atoms with Crippen LogP contribution in [0.25, 0.3) is 0 Å². The van der Waals surface area contributed by atoms with Crippen molar-refractivity contribution in [1.29, 1.82) is 0 Å². The Morgan fingerprint density at radius 3 is 2.50 bits per heavy atom. The molecular formula is C13H16BrNO4S. The topological polar surface area (TPSA) is 74.7 Å². The molecular weight excluding hydrogens is 346 g/mol. The van der Waals surface area contributed by atoms with Crippen molar-refractivity contribution in [2.45, 2.75) is 24.7 Å². The number of carboxylic acids is 1. The largest absolute Gasteiger partial charge is 0.481 e. The predicted octanol–water partition coefficient (Wildman–Crippen LogP) is 2.24. The molecule has 0 unspecified atom stereocenters. The first kappa shape index (κ1) is 15.5. The van der Waals surface area contributed by atoms with Gasteiger partial charge in [0, 0.05) is 17.6 Å². The van der Waals surface area contributed by atoms with E-state index in [9.17, 15) is 13.2 Å². The van der Waals surface area contributed by atoms with Crippen LogP contribution >= 0.6 is 15.9 Å². The van der Waals surface area contributed by atoms with Crippen molar-refractivity contribution in [2.24, 2.45) is 5.92 Å². The standard InChI is InChI=1S/C13H16BrNO4S/c1-9-2-3-11(14)8-12(9)20(18,19)15-6-4-10(5-7-15)13(16)17/h2-3,8,10H,4-7H2,1H3,(H,16,17). The van der Waals surface area contributed by atoms with E-state index in [1.807, 2.05) is 0 Å². The van der Waals surface area contributed by atoms with Gasteiger partial charge in [-0.3, -0.25) is 4.79 Å². The number of hydrogen-bond acceptors (Lipinski definition) is 3. The van der Waals surface area contributed by atoms with Crippen molar-refractivity contribution >= 4 is 31.9 Å². The molecule has 1 N–H and O–H groups in total. The average molecular weight is 362 g/mol. The molecule has 1 aromatic rings. The van der Waals surface area contributed by atoms with Crippen molar-refractivity contribution in [3.63, 3.8) is 0 Å². The molecule has 1 aromatic carbocycles. The van der Waals surface area contributed by atoms with Gasteiger partial charge in [0.25, 0.3) is 0 Å². The first-order valence-electron chi connectivity index (χ1n) is 6.31. The number of benzene rings is 1. The highest BCUT2D eigenvalue weighted by Gasteiger charge is 2.32. The van der Waals surface area contributed by atoms with E-state index >= 15 is 0 Å². The zero-order valence-electron chi connectivity index (χ0n) is 11.0. The van der Waals surface area contributed by atoms with Crippen molar-refractivity contribution in [3.8, 4) is 0 Å². The molecule has 0 spiro atoms. The molecule has 5 nitrogen and oxygen atoms in total. The second kappa shape index (κ2) is 5.83. The third-order valence-corrected chi connectivity index (χ3v) is 6.11. The number of hydrogen-bond donors (Lipinski definition) is 1. The molecule has 0 radical (unpaired) electrons. The minimum atomic E-state index is -3.55. The molecule has 0 atom stereocenters. The van der Waals surface area contributed by atoms with Gasteiger partial charge in [-0.15, -0.1) is 0 Å². The van der Waals surface area contributed by atoms with Crippen LogP contribution < -0.4 is 0 Å². The number of carboxylic acid groups (broad SMARTS) is 1. The van der Waals surface area contributed by atoms with Crippen LogP contribution in [0.4, 0.5) is 0 Å². The molecule has 1 fully saturated rings. The molecule has 7 heteroatoms. The molecule has 1 aliphatic rings. The Hall–Kier alpha value is -0.920. The summed E-state index contributed by atoms with van der Waals surface area (Å²) >= 11 is 3.28. The van der Waals surface area contributed by atoms with Crippen LogP contribution in [0.2, 0.25) is 0 Å². The molecule has 0 aromatic heterocycles. The van der Waals surface area contributed by atoms with E-state index in [1.54, 1.807) is 25.1 Å². The summed E-state index contributed by atoms with van der Waals surface area (Å²) < 4.78 is 27.3. The molecule has 20 heavy (non-hydrogen) atoms. The summed E-state index contributed by atoms with van der Waals surface area (Å²) in [5.41, 5.74) is 0.688. The van der Waals surface area contributed by atoms with Crippen LogP contribution in [0.5, 0.6) is 0 Å². The summed E-state index contributed by atoms with van der Waals surface area (Å²) in [5, 5.41) is 8.95. The second-order valence-electron chi connectivity index (χ2n) is 4.93. The van der Waals surface area contributed by atoms with Gasteiger partial charge in [-0.25, -0.2) is 8.42 Å². The van der Waals surface area contributed by atoms with Gasteiger partial charge in [-0.2, -0.15) is 4.31 Å². The first-order valence-corrected chi connectivity index (χ1v) is 8.55. The zero-order valence-corrected chi connectivity index (χ0v) is 13.4. The third kappa shape index (κ3) is 3.05. The number of aliphatic carboxylic acids is 1. The maximum Gasteiger partial charge on any atom is 0.306 e. The van der Waals surface area contributed by atoms with E-state index in [0.29, 0.717) is 22.9 Å². The summed E-state index contributed by atoms with van der Waals surface area (Å²) in [6.45, 7) is 2.26. The Morgan fingerprint density at radius 2 is 1.95 bits per heavy atom. The molecule has 1 aliphatic heterocycles. The molecule has 1 saturated heterocycles. The Morgan fingerprint density at radius 1 is 1.35 bits per heavy atom. The van der Waals surface area contributed by atoms with E-state index < -0.39 is 21.9 Å². The molecule has 2 rings (SSSR count). The molecule has 1 heterocycles. The van der Waals surface area contributed by atoms with Crippen molar-refractivity contribution in [2.75, 3.05) is 13.1 Å². The Bertz CT molecular complexity index is 621. The maximum absolute atomic E-state index is 12.6. The van der Waals surface area contributed by atoms with Gasteiger partial charge in [0.05, 0.1) is 10.8 Å². The summed E-state index contributed by atoms with van der Waals surface area (Å²) in [5.74, 6) is -1.29. The SMILES string of the molecule is Cc1ccc(Br)cc1S(=O)(=O)N1CCC(C(=O)O)CC1. The number of nitrogens with zero attached hydrogens (tertiary/aromatic N) is 1. The van der Waals surface area contributed by atoms with E-state index in [-0.39, 0.29) is 18.0 Å². The number of carbonyl (C=O) groups is 1. The molecule has 0 amide bonds. The van der Waals surface area contributed by atoms with Gasteiger partial charge in [0.2, 0.25) is 10.0 Å². The highest BCUT2D eigenvalue weighted by molar-refractivity contribution is 9.10. The Balaban J connectivity index is 2.24. The van der Waals surface area contributed by atoms with Crippen molar-refractivity contribution < 1.29 is 18.3 Å². The van der Waals surface area contributed by atoms with Gasteiger partial charge >= 0.3 is 5.97 Å². The van der Waals surface area contributed by atoms with Crippen LogP contribution in [-0.2, 0) is 14.8 Å².